The molecule has 5 aromatic rings. The van der Waals surface area contributed by atoms with Gasteiger partial charge in [0, 0.05) is 31.8 Å². The number of carbonyl (C=O) groups excluding carboxylic acids is 1. The second-order valence-corrected chi connectivity index (χ2v) is 9.42. The SMILES string of the molecule is C=CC(N)=O.Cc1c(Oc2ccc3c(c2)nnn3C)ccc(Nc2ncnc3cnc(N4CCCCC4)nc23)c1F. The van der Waals surface area contributed by atoms with Gasteiger partial charge in [-0.2, -0.15) is 0 Å². The molecule has 0 spiro atoms. The lowest BCUT2D eigenvalue weighted by Gasteiger charge is -2.26. The summed E-state index contributed by atoms with van der Waals surface area (Å²) in [4.78, 5) is 29.4. The second-order valence-electron chi connectivity index (χ2n) is 9.42. The molecule has 6 rings (SSSR count). The maximum atomic E-state index is 15.4. The van der Waals surface area contributed by atoms with Gasteiger partial charge in [-0.05, 0) is 56.5 Å². The van der Waals surface area contributed by atoms with Crippen LogP contribution in [0.25, 0.3) is 22.1 Å². The van der Waals surface area contributed by atoms with Gasteiger partial charge in [0.2, 0.25) is 11.9 Å². The Labute approximate surface area is 235 Å². The predicted molar refractivity (Wildman–Crippen MR) is 154 cm³/mol. The van der Waals surface area contributed by atoms with E-state index in [9.17, 15) is 4.79 Å². The zero-order valence-corrected chi connectivity index (χ0v) is 22.7. The lowest BCUT2D eigenvalue weighted by molar-refractivity contribution is -0.113. The van der Waals surface area contributed by atoms with Crippen molar-refractivity contribution in [1.29, 1.82) is 0 Å². The maximum absolute atomic E-state index is 15.4. The standard InChI is InChI=1S/C25H24FN9O.C3H5NO/c1-15-21(36-16-6-8-20-18(12-16)32-33-34(20)2)9-7-17(22(15)26)30-24-23-19(28-14-29-24)13-27-25(31-23)35-10-4-3-5-11-35;1-2-3(4)5/h6-9,12-14H,3-5,10-11H2,1-2H3,(H,28,29,30);2H,1H2,(H2,4,5). The van der Waals surface area contributed by atoms with Crippen LogP contribution in [0.1, 0.15) is 24.8 Å². The van der Waals surface area contributed by atoms with Crippen molar-refractivity contribution in [1.82, 2.24) is 34.9 Å². The molecule has 210 valence electrons. The third kappa shape index (κ3) is 6.03. The van der Waals surface area contributed by atoms with Gasteiger partial charge in [0.25, 0.3) is 0 Å². The number of ether oxygens (including phenoxy) is 1. The van der Waals surface area contributed by atoms with Crippen molar-refractivity contribution in [3.63, 3.8) is 0 Å². The fraction of sp³-hybridized carbons (Fsp3) is 0.250. The van der Waals surface area contributed by atoms with Gasteiger partial charge in [-0.15, -0.1) is 5.10 Å². The molecule has 1 amide bonds. The fourth-order valence-electron chi connectivity index (χ4n) is 4.40. The summed E-state index contributed by atoms with van der Waals surface area (Å²) < 4.78 is 23.1. The van der Waals surface area contributed by atoms with Crippen LogP contribution in [0.2, 0.25) is 0 Å². The number of aromatic nitrogens is 7. The molecule has 3 N–H and O–H groups in total. The zero-order valence-electron chi connectivity index (χ0n) is 22.7. The van der Waals surface area contributed by atoms with E-state index in [1.165, 1.54) is 12.7 Å². The van der Waals surface area contributed by atoms with E-state index in [1.807, 2.05) is 19.2 Å². The van der Waals surface area contributed by atoms with Gasteiger partial charge in [-0.25, -0.2) is 29.0 Å². The number of hydrogen-bond donors (Lipinski definition) is 2. The summed E-state index contributed by atoms with van der Waals surface area (Å²) in [6, 6.07) is 8.80. The van der Waals surface area contributed by atoms with Crippen molar-refractivity contribution in [2.24, 2.45) is 12.8 Å². The highest BCUT2D eigenvalue weighted by molar-refractivity contribution is 5.87. The molecule has 13 heteroatoms. The molecule has 3 aromatic heterocycles. The molecule has 1 saturated heterocycles. The Morgan fingerprint density at radius 1 is 1.12 bits per heavy atom. The predicted octanol–water partition coefficient (Wildman–Crippen LogP) is 4.33. The smallest absolute Gasteiger partial charge is 0.240 e. The van der Waals surface area contributed by atoms with Crippen LogP contribution in [0, 0.1) is 12.7 Å². The molecular weight excluding hydrogens is 527 g/mol. The summed E-state index contributed by atoms with van der Waals surface area (Å²) in [5.41, 5.74) is 7.88. The quantitative estimate of drug-likeness (QED) is 0.289. The van der Waals surface area contributed by atoms with Gasteiger partial charge >= 0.3 is 0 Å². The number of nitrogens with one attached hydrogen (secondary N) is 1. The molecule has 0 atom stereocenters. The minimum absolute atomic E-state index is 0.266. The van der Waals surface area contributed by atoms with Gasteiger partial charge in [0.15, 0.2) is 11.6 Å². The van der Waals surface area contributed by atoms with Crippen LogP contribution in [0.4, 0.5) is 21.8 Å². The van der Waals surface area contributed by atoms with E-state index in [0.717, 1.165) is 37.5 Å². The number of anilines is 3. The molecule has 1 fully saturated rings. The summed E-state index contributed by atoms with van der Waals surface area (Å²) in [5, 5.41) is 11.2. The molecular formula is C28H29FN10O2. The number of halogens is 1. The first-order valence-electron chi connectivity index (χ1n) is 13.0. The van der Waals surface area contributed by atoms with Crippen LogP contribution in [0.3, 0.4) is 0 Å². The molecule has 1 aliphatic rings. The van der Waals surface area contributed by atoms with Gasteiger partial charge in [-0.3, -0.25) is 4.79 Å². The number of primary amides is 1. The summed E-state index contributed by atoms with van der Waals surface area (Å²) in [6.07, 6.45) is 7.60. The van der Waals surface area contributed by atoms with Crippen molar-refractivity contribution >= 4 is 45.4 Å². The number of rotatable bonds is 6. The Hall–Kier alpha value is -5.20. The largest absolute Gasteiger partial charge is 0.457 e. The third-order valence-electron chi connectivity index (χ3n) is 6.60. The molecule has 0 bridgehead atoms. The van der Waals surface area contributed by atoms with E-state index in [0.29, 0.717) is 45.4 Å². The summed E-state index contributed by atoms with van der Waals surface area (Å²) in [7, 11) is 1.82. The van der Waals surface area contributed by atoms with E-state index < -0.39 is 11.7 Å². The number of carbonyl (C=O) groups is 1. The van der Waals surface area contributed by atoms with Crippen molar-refractivity contribution in [3.8, 4) is 11.5 Å². The number of hydrogen-bond acceptors (Lipinski definition) is 10. The minimum atomic E-state index is -0.481. The number of benzene rings is 2. The van der Waals surface area contributed by atoms with E-state index >= 15 is 4.39 Å². The number of piperidine rings is 1. The van der Waals surface area contributed by atoms with E-state index in [1.54, 1.807) is 36.0 Å². The highest BCUT2D eigenvalue weighted by Crippen LogP contribution is 2.33. The fourth-order valence-corrected chi connectivity index (χ4v) is 4.40. The first kappa shape index (κ1) is 27.4. The molecule has 1 aliphatic heterocycles. The summed E-state index contributed by atoms with van der Waals surface area (Å²) >= 11 is 0. The van der Waals surface area contributed by atoms with Gasteiger partial charge in [0.05, 0.1) is 17.4 Å². The number of nitrogens with zero attached hydrogens (tertiary/aromatic N) is 8. The Bertz CT molecular complexity index is 1730. The van der Waals surface area contributed by atoms with E-state index in [2.05, 4.69) is 47.8 Å². The van der Waals surface area contributed by atoms with Crippen LogP contribution in [0.15, 0.2) is 55.5 Å². The minimum Gasteiger partial charge on any atom is -0.457 e. The Balaban J connectivity index is 0.000000623. The van der Waals surface area contributed by atoms with Crippen LogP contribution in [-0.4, -0.2) is 53.9 Å². The number of aryl methyl sites for hydroxylation is 1. The monoisotopic (exact) mass is 556 g/mol. The van der Waals surface area contributed by atoms with Crippen molar-refractivity contribution < 1.29 is 13.9 Å². The highest BCUT2D eigenvalue weighted by Gasteiger charge is 2.18. The molecule has 2 aromatic carbocycles. The van der Waals surface area contributed by atoms with E-state index in [-0.39, 0.29) is 5.69 Å². The van der Waals surface area contributed by atoms with Gasteiger partial charge in [-0.1, -0.05) is 11.8 Å². The first-order valence-corrected chi connectivity index (χ1v) is 13.0. The highest BCUT2D eigenvalue weighted by atomic mass is 19.1. The summed E-state index contributed by atoms with van der Waals surface area (Å²) in [6.45, 7) is 6.59. The van der Waals surface area contributed by atoms with Crippen LogP contribution >= 0.6 is 0 Å². The molecule has 0 aliphatic carbocycles. The maximum Gasteiger partial charge on any atom is 0.240 e. The molecule has 0 unspecified atom stereocenters. The van der Waals surface area contributed by atoms with Crippen molar-refractivity contribution in [2.75, 3.05) is 23.3 Å². The van der Waals surface area contributed by atoms with Crippen molar-refractivity contribution in [3.05, 3.63) is 66.9 Å². The molecule has 12 nitrogen and oxygen atoms in total. The number of amides is 1. The lowest BCUT2D eigenvalue weighted by Crippen LogP contribution is -2.31. The molecule has 0 saturated carbocycles. The van der Waals surface area contributed by atoms with Crippen LogP contribution in [-0.2, 0) is 11.8 Å². The lowest BCUT2D eigenvalue weighted by atomic mass is 10.1. The van der Waals surface area contributed by atoms with Crippen molar-refractivity contribution in [2.45, 2.75) is 26.2 Å². The first-order chi connectivity index (χ1) is 19.8. The third-order valence-corrected chi connectivity index (χ3v) is 6.60. The second kappa shape index (κ2) is 11.9. The topological polar surface area (TPSA) is 150 Å². The molecule has 0 radical (unpaired) electrons. The van der Waals surface area contributed by atoms with Crippen LogP contribution < -0.4 is 20.7 Å². The number of fused-ring (bicyclic) bond motifs is 2. The molecule has 4 heterocycles. The number of nitrogens with two attached hydrogens (primary N) is 1. The summed E-state index contributed by atoms with van der Waals surface area (Å²) in [5.74, 6) is 1.09. The van der Waals surface area contributed by atoms with Gasteiger partial charge in [0.1, 0.15) is 34.4 Å². The Morgan fingerprint density at radius 3 is 2.66 bits per heavy atom. The van der Waals surface area contributed by atoms with Gasteiger partial charge < -0.3 is 20.7 Å². The normalized spacial score (nSPS) is 13.0. The van der Waals surface area contributed by atoms with E-state index in [4.69, 9.17) is 9.72 Å². The molecule has 41 heavy (non-hydrogen) atoms. The average Bonchev–Trinajstić information content (AvgIpc) is 3.37. The zero-order chi connectivity index (χ0) is 28.9. The average molecular weight is 557 g/mol. The Kier molecular flexibility index (Phi) is 7.94. The Morgan fingerprint density at radius 2 is 1.90 bits per heavy atom. The van der Waals surface area contributed by atoms with Crippen LogP contribution in [0.5, 0.6) is 11.5 Å².